The molecule has 6 rings (SSSR count). The van der Waals surface area contributed by atoms with E-state index in [-0.39, 0.29) is 30.8 Å². The molecule has 1 atom stereocenters. The zero-order valence-corrected chi connectivity index (χ0v) is 22.5. The van der Waals surface area contributed by atoms with Crippen molar-refractivity contribution in [2.45, 2.75) is 19.0 Å². The normalized spacial score (nSPS) is 15.8. The second-order valence-electron chi connectivity index (χ2n) is 9.07. The largest absolute Gasteiger partial charge is 0.497 e. The van der Waals surface area contributed by atoms with Gasteiger partial charge in [-0.2, -0.15) is 10.2 Å². The molecule has 0 radical (unpaired) electrons. The van der Waals surface area contributed by atoms with Crippen molar-refractivity contribution in [2.75, 3.05) is 13.9 Å². The number of halogens is 1. The Bertz CT molecular complexity index is 1630. The van der Waals surface area contributed by atoms with E-state index in [0.717, 1.165) is 32.6 Å². The molecule has 1 amide bonds. The zero-order chi connectivity index (χ0) is 26.9. The monoisotopic (exact) mass is 586 g/mol. The average molecular weight is 587 g/mol. The van der Waals surface area contributed by atoms with Gasteiger partial charge in [0.25, 0.3) is 11.5 Å². The second-order valence-corrected chi connectivity index (χ2v) is 9.98. The maximum atomic E-state index is 13.7. The summed E-state index contributed by atoms with van der Waals surface area (Å²) in [5, 5.41) is 10.7. The number of ether oxygens (including phenoxy) is 3. The summed E-state index contributed by atoms with van der Waals surface area (Å²) in [5.74, 6) is 1.64. The number of benzene rings is 3. The third kappa shape index (κ3) is 5.03. The lowest BCUT2D eigenvalue weighted by molar-refractivity contribution is -0.133. The van der Waals surface area contributed by atoms with Crippen molar-refractivity contribution in [3.8, 4) is 28.5 Å². The van der Waals surface area contributed by atoms with Gasteiger partial charge in [0.1, 0.15) is 12.3 Å². The number of hydrogen-bond donors (Lipinski definition) is 0. The molecule has 4 aromatic rings. The van der Waals surface area contributed by atoms with Crippen molar-refractivity contribution in [1.29, 1.82) is 0 Å². The smallest absolute Gasteiger partial charge is 0.267 e. The fraction of sp³-hybridized carbons (Fsp3) is 0.172. The molecule has 0 aliphatic carbocycles. The Labute approximate surface area is 232 Å². The highest BCUT2D eigenvalue weighted by atomic mass is 79.9. The molecule has 10 heteroatoms. The summed E-state index contributed by atoms with van der Waals surface area (Å²) < 4.78 is 18.3. The van der Waals surface area contributed by atoms with Crippen LogP contribution in [0.15, 0.2) is 93.2 Å². The first-order valence-electron chi connectivity index (χ1n) is 12.3. The Balaban J connectivity index is 1.31. The molecule has 9 nitrogen and oxygen atoms in total. The fourth-order valence-electron chi connectivity index (χ4n) is 4.62. The topological polar surface area (TPSA) is 95.2 Å². The number of aromatic nitrogens is 2. The molecular formula is C29H23BrN4O5. The van der Waals surface area contributed by atoms with E-state index < -0.39 is 0 Å². The second kappa shape index (κ2) is 10.4. The third-order valence-electron chi connectivity index (χ3n) is 6.66. The first-order chi connectivity index (χ1) is 19.0. The van der Waals surface area contributed by atoms with Gasteiger partial charge in [-0.3, -0.25) is 9.59 Å². The number of hydrazone groups is 1. The minimum Gasteiger partial charge on any atom is -0.497 e. The van der Waals surface area contributed by atoms with Crippen LogP contribution in [-0.2, 0) is 11.3 Å². The number of methoxy groups -OCH3 is 1. The zero-order valence-electron chi connectivity index (χ0n) is 20.9. The maximum absolute atomic E-state index is 13.7. The van der Waals surface area contributed by atoms with Gasteiger partial charge in [-0.15, -0.1) is 0 Å². The minimum absolute atomic E-state index is 0.161. The molecule has 0 N–H and O–H groups in total. The quantitative estimate of drug-likeness (QED) is 0.322. The first-order valence-corrected chi connectivity index (χ1v) is 13.1. The molecule has 0 bridgehead atoms. The lowest BCUT2D eigenvalue weighted by Gasteiger charge is -2.22. The average Bonchev–Trinajstić information content (AvgIpc) is 3.62. The standard InChI is InChI=1S/C29H23BrN4O5/c1-37-22-9-4-19(5-10-22)25-15-24(18-2-7-21(30)8-3-18)32-34(25)29(36)16-33-28(35)13-11-23(31-33)20-6-12-26-27(14-20)39-17-38-26/h2-14,25H,15-17H2,1H3. The Morgan fingerprint density at radius 3 is 2.49 bits per heavy atom. The number of fused-ring (bicyclic) bond motifs is 1. The summed E-state index contributed by atoms with van der Waals surface area (Å²) in [7, 11) is 1.61. The molecule has 0 saturated heterocycles. The summed E-state index contributed by atoms with van der Waals surface area (Å²) in [4.78, 5) is 26.4. The Kier molecular flexibility index (Phi) is 6.62. The lowest BCUT2D eigenvalue weighted by Crippen LogP contribution is -2.34. The van der Waals surface area contributed by atoms with E-state index in [4.69, 9.17) is 19.3 Å². The van der Waals surface area contributed by atoms with Gasteiger partial charge in [0.15, 0.2) is 11.5 Å². The van der Waals surface area contributed by atoms with Gasteiger partial charge in [-0.25, -0.2) is 9.69 Å². The van der Waals surface area contributed by atoms with Gasteiger partial charge in [-0.05, 0) is 59.7 Å². The van der Waals surface area contributed by atoms with Crippen molar-refractivity contribution in [3.63, 3.8) is 0 Å². The van der Waals surface area contributed by atoms with Crippen LogP contribution in [-0.4, -0.2) is 40.3 Å². The van der Waals surface area contributed by atoms with E-state index >= 15 is 0 Å². The molecule has 196 valence electrons. The van der Waals surface area contributed by atoms with Crippen LogP contribution in [0.5, 0.6) is 17.2 Å². The van der Waals surface area contributed by atoms with Gasteiger partial charge >= 0.3 is 0 Å². The van der Waals surface area contributed by atoms with Gasteiger partial charge < -0.3 is 14.2 Å². The highest BCUT2D eigenvalue weighted by Crippen LogP contribution is 2.36. The van der Waals surface area contributed by atoms with E-state index in [0.29, 0.717) is 23.6 Å². The maximum Gasteiger partial charge on any atom is 0.267 e. The summed E-state index contributed by atoms with van der Waals surface area (Å²) >= 11 is 3.46. The molecule has 0 saturated carbocycles. The SMILES string of the molecule is COc1ccc(C2CC(c3ccc(Br)cc3)=NN2C(=O)Cn2nc(-c3ccc4c(c3)OCO4)ccc2=O)cc1. The summed E-state index contributed by atoms with van der Waals surface area (Å²) in [6.45, 7) is -0.102. The van der Waals surface area contributed by atoms with Crippen LogP contribution in [0.4, 0.5) is 0 Å². The molecule has 2 aliphatic heterocycles. The van der Waals surface area contributed by atoms with Crippen LogP contribution in [0.1, 0.15) is 23.6 Å². The number of hydrogen-bond acceptors (Lipinski definition) is 7. The lowest BCUT2D eigenvalue weighted by atomic mass is 9.98. The minimum atomic E-state index is -0.384. The van der Waals surface area contributed by atoms with Gasteiger partial charge in [0.2, 0.25) is 6.79 Å². The molecule has 1 aromatic heterocycles. The van der Waals surface area contributed by atoms with Crippen molar-refractivity contribution in [3.05, 3.63) is 105 Å². The summed E-state index contributed by atoms with van der Waals surface area (Å²) in [6, 6.07) is 23.5. The van der Waals surface area contributed by atoms with Crippen LogP contribution in [0, 0.1) is 0 Å². The van der Waals surface area contributed by atoms with E-state index in [1.165, 1.54) is 15.8 Å². The molecule has 0 fully saturated rings. The van der Waals surface area contributed by atoms with Crippen LogP contribution in [0.3, 0.4) is 0 Å². The number of rotatable bonds is 6. The molecule has 3 aromatic carbocycles. The predicted molar refractivity (Wildman–Crippen MR) is 148 cm³/mol. The number of carbonyl (C=O) groups excluding carboxylic acids is 1. The third-order valence-corrected chi connectivity index (χ3v) is 7.19. The van der Waals surface area contributed by atoms with Crippen molar-refractivity contribution in [1.82, 2.24) is 14.8 Å². The van der Waals surface area contributed by atoms with Crippen LogP contribution in [0.2, 0.25) is 0 Å². The summed E-state index contributed by atoms with van der Waals surface area (Å²) in [6.07, 6.45) is 0.527. The molecular weight excluding hydrogens is 564 g/mol. The molecule has 1 unspecified atom stereocenters. The number of amides is 1. The summed E-state index contributed by atoms with van der Waals surface area (Å²) in [5.41, 5.74) is 3.51. The fourth-order valence-corrected chi connectivity index (χ4v) is 4.88. The van der Waals surface area contributed by atoms with Gasteiger partial charge in [-0.1, -0.05) is 40.2 Å². The van der Waals surface area contributed by atoms with Crippen molar-refractivity contribution >= 4 is 27.5 Å². The highest BCUT2D eigenvalue weighted by Gasteiger charge is 2.33. The molecule has 2 aliphatic rings. The Hall–Kier alpha value is -4.44. The molecule has 39 heavy (non-hydrogen) atoms. The van der Waals surface area contributed by atoms with Crippen molar-refractivity contribution in [2.24, 2.45) is 5.10 Å². The van der Waals surface area contributed by atoms with E-state index in [1.807, 2.05) is 54.6 Å². The highest BCUT2D eigenvalue weighted by molar-refractivity contribution is 9.10. The number of nitrogens with zero attached hydrogens (tertiary/aromatic N) is 4. The van der Waals surface area contributed by atoms with E-state index in [9.17, 15) is 9.59 Å². The van der Waals surface area contributed by atoms with E-state index in [1.54, 1.807) is 25.3 Å². The van der Waals surface area contributed by atoms with Crippen LogP contribution in [0.25, 0.3) is 11.3 Å². The van der Waals surface area contributed by atoms with Gasteiger partial charge in [0.05, 0.1) is 24.6 Å². The van der Waals surface area contributed by atoms with Crippen LogP contribution < -0.4 is 19.8 Å². The Morgan fingerprint density at radius 2 is 1.72 bits per heavy atom. The van der Waals surface area contributed by atoms with E-state index in [2.05, 4.69) is 21.0 Å². The molecule has 0 spiro atoms. The first kappa shape index (κ1) is 24.9. The number of carbonyl (C=O) groups is 1. The van der Waals surface area contributed by atoms with Crippen LogP contribution >= 0.6 is 15.9 Å². The predicted octanol–water partition coefficient (Wildman–Crippen LogP) is 4.79. The molecule has 3 heterocycles. The van der Waals surface area contributed by atoms with Gasteiger partial charge in [0, 0.05) is 22.5 Å². The Morgan fingerprint density at radius 1 is 0.974 bits per heavy atom. The van der Waals surface area contributed by atoms with Crippen molar-refractivity contribution < 1.29 is 19.0 Å².